The molecule has 190 valence electrons. The van der Waals surface area contributed by atoms with Crippen LogP contribution < -0.4 is 5.32 Å². The van der Waals surface area contributed by atoms with Gasteiger partial charge >= 0.3 is 0 Å². The summed E-state index contributed by atoms with van der Waals surface area (Å²) in [5.74, 6) is -1.42. The quantitative estimate of drug-likeness (QED) is 0.543. The Kier molecular flexibility index (Phi) is 6.08. The van der Waals surface area contributed by atoms with Gasteiger partial charge in [0.1, 0.15) is 11.9 Å². The number of para-hydroxylation sites is 1. The van der Waals surface area contributed by atoms with E-state index in [2.05, 4.69) is 10.2 Å². The van der Waals surface area contributed by atoms with E-state index in [-0.39, 0.29) is 36.5 Å². The number of fused-ring (bicyclic) bond motifs is 1. The molecule has 3 aliphatic heterocycles. The molecule has 1 atom stereocenters. The van der Waals surface area contributed by atoms with E-state index in [1.165, 1.54) is 11.0 Å². The van der Waals surface area contributed by atoms with E-state index in [1.807, 2.05) is 53.3 Å². The van der Waals surface area contributed by atoms with Gasteiger partial charge in [0.25, 0.3) is 5.91 Å². The number of imide groups is 1. The number of nitrogens with zero attached hydrogens (tertiary/aromatic N) is 4. The maximum Gasteiger partial charge on any atom is 0.255 e. The molecular formula is C28H28FN5O3. The lowest BCUT2D eigenvalue weighted by molar-refractivity contribution is -0.136. The number of hydrogen-bond donors (Lipinski definition) is 1. The number of halogens is 1. The number of likely N-dealkylation sites (tertiary alicyclic amines) is 1. The average molecular weight is 502 g/mol. The van der Waals surface area contributed by atoms with Crippen molar-refractivity contribution in [3.8, 4) is 5.69 Å². The molecule has 6 rings (SSSR count). The minimum absolute atomic E-state index is 0.0724. The molecule has 0 spiro atoms. The Bertz CT molecular complexity index is 1360. The molecule has 0 aliphatic carbocycles. The molecule has 0 bridgehead atoms. The van der Waals surface area contributed by atoms with E-state index in [4.69, 9.17) is 5.10 Å². The molecule has 0 radical (unpaired) electrons. The Morgan fingerprint density at radius 2 is 1.78 bits per heavy atom. The topological polar surface area (TPSA) is 87.5 Å². The molecule has 0 saturated carbocycles. The van der Waals surface area contributed by atoms with Crippen molar-refractivity contribution < 1.29 is 18.8 Å². The predicted octanol–water partition coefficient (Wildman–Crippen LogP) is 3.15. The summed E-state index contributed by atoms with van der Waals surface area (Å²) in [5, 5.41) is 7.00. The van der Waals surface area contributed by atoms with E-state index in [0.717, 1.165) is 49.4 Å². The Labute approximate surface area is 214 Å². The SMILES string of the molecule is O=C1CCC(N2Cc3cc(C4CCN(Cc5ccn(-c6ccccc6)n5)CC4)c(F)cc3C2=O)C(=O)N1. The summed E-state index contributed by atoms with van der Waals surface area (Å²) in [6.45, 7) is 2.67. The first kappa shape index (κ1) is 23.5. The number of aromatic nitrogens is 2. The normalized spacial score (nSPS) is 20.8. The van der Waals surface area contributed by atoms with Gasteiger partial charge in [-0.2, -0.15) is 5.10 Å². The van der Waals surface area contributed by atoms with Gasteiger partial charge in [-0.3, -0.25) is 24.6 Å². The highest BCUT2D eigenvalue weighted by atomic mass is 19.1. The van der Waals surface area contributed by atoms with Crippen LogP contribution in [0.25, 0.3) is 5.69 Å². The van der Waals surface area contributed by atoms with Gasteiger partial charge in [-0.05, 0) is 73.7 Å². The molecule has 2 saturated heterocycles. The molecule has 3 aromatic rings. The second-order valence-electron chi connectivity index (χ2n) is 10.1. The highest BCUT2D eigenvalue weighted by Gasteiger charge is 2.40. The van der Waals surface area contributed by atoms with Crippen LogP contribution in [0.4, 0.5) is 4.39 Å². The van der Waals surface area contributed by atoms with Gasteiger partial charge in [0.15, 0.2) is 0 Å². The molecule has 1 unspecified atom stereocenters. The number of carbonyl (C=O) groups is 3. The molecule has 9 heteroatoms. The average Bonchev–Trinajstić information content (AvgIpc) is 3.49. The lowest BCUT2D eigenvalue weighted by Gasteiger charge is -2.32. The van der Waals surface area contributed by atoms with Crippen molar-refractivity contribution in [2.45, 2.75) is 50.7 Å². The second kappa shape index (κ2) is 9.55. The highest BCUT2D eigenvalue weighted by Crippen LogP contribution is 2.35. The first-order valence-corrected chi connectivity index (χ1v) is 12.8. The molecular weight excluding hydrogens is 473 g/mol. The number of carbonyl (C=O) groups excluding carboxylic acids is 3. The maximum atomic E-state index is 15.2. The minimum Gasteiger partial charge on any atom is -0.322 e. The standard InChI is InChI=1S/C28H28FN5O3/c29-24-15-23-19(16-33(28(23)37)25-6-7-26(35)30-27(25)36)14-22(24)18-8-11-32(12-9-18)17-20-10-13-34(31-20)21-4-2-1-3-5-21/h1-5,10,13-15,18,25H,6-9,11-12,16-17H2,(H,30,35,36). The summed E-state index contributed by atoms with van der Waals surface area (Å²) < 4.78 is 17.1. The molecule has 2 fully saturated rings. The van der Waals surface area contributed by atoms with Crippen LogP contribution in [0.5, 0.6) is 0 Å². The number of rotatable bonds is 5. The highest BCUT2D eigenvalue weighted by molar-refractivity contribution is 6.05. The lowest BCUT2D eigenvalue weighted by atomic mass is 9.87. The van der Waals surface area contributed by atoms with Gasteiger partial charge in [-0.25, -0.2) is 9.07 Å². The van der Waals surface area contributed by atoms with Gasteiger partial charge in [0.05, 0.1) is 11.4 Å². The largest absolute Gasteiger partial charge is 0.322 e. The smallest absolute Gasteiger partial charge is 0.255 e. The Hall–Kier alpha value is -3.85. The Morgan fingerprint density at radius 1 is 1.00 bits per heavy atom. The predicted molar refractivity (Wildman–Crippen MR) is 133 cm³/mol. The number of amides is 3. The van der Waals surface area contributed by atoms with Gasteiger partial charge in [-0.1, -0.05) is 24.3 Å². The zero-order chi connectivity index (χ0) is 25.5. The van der Waals surface area contributed by atoms with E-state index in [1.54, 1.807) is 0 Å². The third-order valence-electron chi connectivity index (χ3n) is 7.72. The molecule has 1 N–H and O–H groups in total. The fraction of sp³-hybridized carbons (Fsp3) is 0.357. The van der Waals surface area contributed by atoms with Gasteiger partial charge < -0.3 is 4.90 Å². The molecule has 4 heterocycles. The molecule has 8 nitrogen and oxygen atoms in total. The molecule has 1 aromatic heterocycles. The second-order valence-corrected chi connectivity index (χ2v) is 10.1. The Balaban J connectivity index is 1.10. The van der Waals surface area contributed by atoms with Crippen molar-refractivity contribution in [1.29, 1.82) is 0 Å². The first-order chi connectivity index (χ1) is 18.0. The minimum atomic E-state index is -0.697. The van der Waals surface area contributed by atoms with Gasteiger partial charge in [0, 0.05) is 31.3 Å². The maximum absolute atomic E-state index is 15.2. The number of piperidine rings is 2. The van der Waals surface area contributed by atoms with Crippen LogP contribution in [-0.4, -0.2) is 56.4 Å². The summed E-state index contributed by atoms with van der Waals surface area (Å²) in [6.07, 6.45) is 4.10. The lowest BCUT2D eigenvalue weighted by Crippen LogP contribution is -2.52. The van der Waals surface area contributed by atoms with Crippen LogP contribution in [-0.2, 0) is 22.7 Å². The van der Waals surface area contributed by atoms with Crippen molar-refractivity contribution in [3.63, 3.8) is 0 Å². The van der Waals surface area contributed by atoms with Gasteiger partial charge in [0.2, 0.25) is 11.8 Å². The third-order valence-corrected chi connectivity index (χ3v) is 7.72. The molecule has 3 aliphatic rings. The zero-order valence-corrected chi connectivity index (χ0v) is 20.4. The molecule has 3 amide bonds. The van der Waals surface area contributed by atoms with Crippen molar-refractivity contribution in [1.82, 2.24) is 24.9 Å². The van der Waals surface area contributed by atoms with E-state index in [0.29, 0.717) is 17.5 Å². The number of nitrogens with one attached hydrogen (secondary N) is 1. The molecule has 37 heavy (non-hydrogen) atoms. The first-order valence-electron chi connectivity index (χ1n) is 12.8. The number of benzene rings is 2. The van der Waals surface area contributed by atoms with Crippen molar-refractivity contribution in [2.24, 2.45) is 0 Å². The third kappa shape index (κ3) is 4.55. The van der Waals surface area contributed by atoms with Crippen LogP contribution in [0.15, 0.2) is 54.7 Å². The van der Waals surface area contributed by atoms with E-state index < -0.39 is 11.9 Å². The summed E-state index contributed by atoms with van der Waals surface area (Å²) in [6, 6.07) is 14.5. The van der Waals surface area contributed by atoms with Crippen LogP contribution >= 0.6 is 0 Å². The van der Waals surface area contributed by atoms with Crippen molar-refractivity contribution in [2.75, 3.05) is 13.1 Å². The number of hydrogen-bond acceptors (Lipinski definition) is 5. The van der Waals surface area contributed by atoms with Crippen molar-refractivity contribution in [3.05, 3.63) is 82.9 Å². The summed E-state index contributed by atoms with van der Waals surface area (Å²) in [5.41, 5.74) is 3.73. The summed E-state index contributed by atoms with van der Waals surface area (Å²) in [7, 11) is 0. The van der Waals surface area contributed by atoms with Crippen molar-refractivity contribution >= 4 is 17.7 Å². The zero-order valence-electron chi connectivity index (χ0n) is 20.4. The van der Waals surface area contributed by atoms with E-state index in [9.17, 15) is 14.4 Å². The van der Waals surface area contributed by atoms with Gasteiger partial charge in [-0.15, -0.1) is 0 Å². The monoisotopic (exact) mass is 501 g/mol. The van der Waals surface area contributed by atoms with Crippen LogP contribution in [0.1, 0.15) is 58.8 Å². The van der Waals surface area contributed by atoms with Crippen LogP contribution in [0.2, 0.25) is 0 Å². The van der Waals surface area contributed by atoms with E-state index >= 15 is 4.39 Å². The summed E-state index contributed by atoms with van der Waals surface area (Å²) >= 11 is 0. The summed E-state index contributed by atoms with van der Waals surface area (Å²) in [4.78, 5) is 40.5. The van der Waals surface area contributed by atoms with Crippen LogP contribution in [0.3, 0.4) is 0 Å². The van der Waals surface area contributed by atoms with Crippen LogP contribution in [0, 0.1) is 5.82 Å². The fourth-order valence-corrected chi connectivity index (χ4v) is 5.72. The molecule has 2 aromatic carbocycles. The Morgan fingerprint density at radius 3 is 2.54 bits per heavy atom. The fourth-order valence-electron chi connectivity index (χ4n) is 5.72.